The van der Waals surface area contributed by atoms with Crippen LogP contribution in [0, 0.1) is 29.7 Å². The van der Waals surface area contributed by atoms with Crippen molar-refractivity contribution in [3.05, 3.63) is 54.0 Å². The van der Waals surface area contributed by atoms with Crippen LogP contribution in [0.25, 0.3) is 0 Å². The first-order valence-corrected chi connectivity index (χ1v) is 10.8. The van der Waals surface area contributed by atoms with E-state index in [1.165, 1.54) is 30.6 Å². The number of rotatable bonds is 3. The molecule has 0 amide bonds. The number of fused-ring (bicyclic) bond motifs is 1. The highest BCUT2D eigenvalue weighted by Gasteiger charge is 2.48. The molecule has 0 spiro atoms. The van der Waals surface area contributed by atoms with Crippen molar-refractivity contribution >= 4 is 8.07 Å². The molecule has 3 rings (SSSR count). The van der Waals surface area contributed by atoms with Crippen LogP contribution in [0.15, 0.2) is 24.3 Å². The zero-order valence-electron chi connectivity index (χ0n) is 12.2. The smallest absolute Gasteiger partial charge is 0.0582 e. The molecule has 101 valence electrons. The minimum atomic E-state index is -1.27. The Hall–Kier alpha value is -0.343. The normalized spacial score (nSPS) is 30.4. The number of hydrogen-bond acceptors (Lipinski definition) is 1. The van der Waals surface area contributed by atoms with Crippen molar-refractivity contribution in [2.75, 3.05) is 6.61 Å². The standard InChI is InChI=1S/C17H23OSi/c1-19(2,3)17-12-13(11-14-7-6-10-18-14)15-8-4-5-9-16(15)17/h4-5,8-9,12,14H,6-7,10-11H2,1-3H3. The SMILES string of the molecule is C[Si](C)(C)[C]1[CH][C](CC2CCCO2)[C]2C=CC=C[C]21. The van der Waals surface area contributed by atoms with Gasteiger partial charge >= 0.3 is 0 Å². The molecule has 2 fully saturated rings. The second kappa shape index (κ2) is 5.21. The summed E-state index contributed by atoms with van der Waals surface area (Å²) in [5, 5.41) is 0. The van der Waals surface area contributed by atoms with Gasteiger partial charge in [-0.3, -0.25) is 0 Å². The molecule has 2 aliphatic carbocycles. The van der Waals surface area contributed by atoms with Gasteiger partial charge in [0.25, 0.3) is 0 Å². The first kappa shape index (κ1) is 13.6. The summed E-state index contributed by atoms with van der Waals surface area (Å²) in [6, 6.07) is 0. The van der Waals surface area contributed by atoms with Gasteiger partial charge in [-0.1, -0.05) is 43.9 Å². The van der Waals surface area contributed by atoms with E-state index in [-0.39, 0.29) is 0 Å². The Kier molecular flexibility index (Phi) is 3.74. The zero-order chi connectivity index (χ0) is 13.5. The van der Waals surface area contributed by atoms with E-state index in [4.69, 9.17) is 4.74 Å². The van der Waals surface area contributed by atoms with E-state index in [2.05, 4.69) is 50.4 Å². The van der Waals surface area contributed by atoms with Crippen LogP contribution < -0.4 is 0 Å². The Balaban J connectivity index is 1.74. The summed E-state index contributed by atoms with van der Waals surface area (Å²) in [7, 11) is -1.27. The highest BCUT2D eigenvalue weighted by atomic mass is 28.3. The maximum Gasteiger partial charge on any atom is 0.0582 e. The maximum absolute atomic E-state index is 5.81. The molecular weight excluding hydrogens is 248 g/mol. The third kappa shape index (κ3) is 2.75. The van der Waals surface area contributed by atoms with Crippen molar-refractivity contribution in [2.45, 2.75) is 45.0 Å². The second-order valence-corrected chi connectivity index (χ2v) is 11.8. The molecule has 5 radical (unpaired) electrons. The van der Waals surface area contributed by atoms with Crippen molar-refractivity contribution in [3.8, 4) is 0 Å². The van der Waals surface area contributed by atoms with Gasteiger partial charge in [-0.25, -0.2) is 0 Å². The molecule has 1 saturated carbocycles. The van der Waals surface area contributed by atoms with Gasteiger partial charge in [0.1, 0.15) is 0 Å². The van der Waals surface area contributed by atoms with Crippen LogP contribution in [0.4, 0.5) is 0 Å². The lowest BCUT2D eigenvalue weighted by atomic mass is 9.83. The molecule has 2 heteroatoms. The van der Waals surface area contributed by atoms with Gasteiger partial charge in [-0.05, 0) is 37.1 Å². The topological polar surface area (TPSA) is 9.23 Å². The number of hydrogen-bond donors (Lipinski definition) is 0. The lowest BCUT2D eigenvalue weighted by Gasteiger charge is -2.29. The average molecular weight is 271 g/mol. The fraction of sp³-hybridized carbons (Fsp3) is 0.471. The minimum Gasteiger partial charge on any atom is -0.378 e. The predicted molar refractivity (Wildman–Crippen MR) is 82.5 cm³/mol. The first-order chi connectivity index (χ1) is 9.05. The Morgan fingerprint density at radius 3 is 2.53 bits per heavy atom. The van der Waals surface area contributed by atoms with Gasteiger partial charge in [-0.2, -0.15) is 0 Å². The van der Waals surface area contributed by atoms with E-state index in [9.17, 15) is 0 Å². The number of allylic oxidation sites excluding steroid dienone is 4. The van der Waals surface area contributed by atoms with Crippen molar-refractivity contribution in [2.24, 2.45) is 0 Å². The molecule has 1 unspecified atom stereocenters. The van der Waals surface area contributed by atoms with Crippen LogP contribution in [0.5, 0.6) is 0 Å². The highest BCUT2D eigenvalue weighted by Crippen LogP contribution is 2.54. The van der Waals surface area contributed by atoms with E-state index in [1.807, 2.05) is 0 Å². The molecule has 19 heavy (non-hydrogen) atoms. The molecule has 0 aromatic heterocycles. The summed E-state index contributed by atoms with van der Waals surface area (Å²) in [5.41, 5.74) is 1.61. The lowest BCUT2D eigenvalue weighted by Crippen LogP contribution is -2.33. The summed E-state index contributed by atoms with van der Waals surface area (Å²) < 4.78 is 5.81. The van der Waals surface area contributed by atoms with Gasteiger partial charge < -0.3 is 4.74 Å². The molecule has 1 aliphatic heterocycles. The minimum absolute atomic E-state index is 0.445. The van der Waals surface area contributed by atoms with Crippen LogP contribution in [0.2, 0.25) is 19.6 Å². The highest BCUT2D eigenvalue weighted by molar-refractivity contribution is 6.83. The molecule has 0 aromatic rings. The molecule has 0 bridgehead atoms. The Labute approximate surface area is 119 Å². The largest absolute Gasteiger partial charge is 0.378 e. The van der Waals surface area contributed by atoms with Crippen molar-refractivity contribution in [1.29, 1.82) is 0 Å². The third-order valence-electron chi connectivity index (χ3n) is 4.16. The molecule has 1 saturated heterocycles. The van der Waals surface area contributed by atoms with Gasteiger partial charge in [0, 0.05) is 18.4 Å². The summed E-state index contributed by atoms with van der Waals surface area (Å²) in [6.07, 6.45) is 15.4. The first-order valence-electron chi connectivity index (χ1n) is 7.35. The molecule has 1 heterocycles. The van der Waals surface area contributed by atoms with Gasteiger partial charge in [0.15, 0.2) is 0 Å². The van der Waals surface area contributed by atoms with Gasteiger partial charge in [0.05, 0.1) is 14.2 Å². The van der Waals surface area contributed by atoms with Gasteiger partial charge in [0.2, 0.25) is 0 Å². The van der Waals surface area contributed by atoms with Crippen LogP contribution in [-0.4, -0.2) is 20.8 Å². The van der Waals surface area contributed by atoms with Crippen LogP contribution in [0.1, 0.15) is 19.3 Å². The Morgan fingerprint density at radius 1 is 1.16 bits per heavy atom. The molecular formula is C17H23OSi. The number of ether oxygens (including phenoxy) is 1. The summed E-state index contributed by atoms with van der Waals surface area (Å²) in [5.74, 6) is 4.44. The Morgan fingerprint density at radius 2 is 1.89 bits per heavy atom. The predicted octanol–water partition coefficient (Wildman–Crippen LogP) is 4.07. The Bertz CT molecular complexity index is 373. The van der Waals surface area contributed by atoms with Crippen LogP contribution in [-0.2, 0) is 4.74 Å². The van der Waals surface area contributed by atoms with E-state index >= 15 is 0 Å². The van der Waals surface area contributed by atoms with Crippen molar-refractivity contribution in [1.82, 2.24) is 0 Å². The summed E-state index contributed by atoms with van der Waals surface area (Å²) in [6.45, 7) is 8.25. The van der Waals surface area contributed by atoms with E-state index < -0.39 is 8.07 Å². The van der Waals surface area contributed by atoms with Crippen molar-refractivity contribution in [3.63, 3.8) is 0 Å². The molecule has 0 N–H and O–H groups in total. The van der Waals surface area contributed by atoms with Crippen LogP contribution in [0.3, 0.4) is 0 Å². The zero-order valence-corrected chi connectivity index (χ0v) is 13.2. The summed E-state index contributed by atoms with van der Waals surface area (Å²) in [4.78, 5) is 0. The van der Waals surface area contributed by atoms with Crippen molar-refractivity contribution < 1.29 is 4.74 Å². The summed E-state index contributed by atoms with van der Waals surface area (Å²) >= 11 is 0. The average Bonchev–Trinajstić information content (AvgIpc) is 2.97. The van der Waals surface area contributed by atoms with Gasteiger partial charge in [-0.15, -0.1) is 0 Å². The van der Waals surface area contributed by atoms with Crippen LogP contribution >= 0.6 is 0 Å². The van der Waals surface area contributed by atoms with E-state index in [0.29, 0.717) is 6.10 Å². The fourth-order valence-corrected chi connectivity index (χ4v) is 4.80. The quantitative estimate of drug-likeness (QED) is 0.703. The van der Waals surface area contributed by atoms with E-state index in [0.717, 1.165) is 13.0 Å². The maximum atomic E-state index is 5.81. The third-order valence-corrected chi connectivity index (χ3v) is 6.19. The monoisotopic (exact) mass is 271 g/mol. The lowest BCUT2D eigenvalue weighted by molar-refractivity contribution is 0.108. The molecule has 1 nitrogen and oxygen atoms in total. The molecule has 1 atom stereocenters. The molecule has 3 aliphatic rings. The second-order valence-electron chi connectivity index (χ2n) is 6.72. The molecule has 0 aromatic carbocycles. The van der Waals surface area contributed by atoms with E-state index in [1.54, 1.807) is 5.54 Å². The fourth-order valence-electron chi connectivity index (χ4n) is 3.17.